The molecule has 0 amide bonds. The molecule has 0 aliphatic carbocycles. The van der Waals surface area contributed by atoms with Gasteiger partial charge in [-0.2, -0.15) is 0 Å². The van der Waals surface area contributed by atoms with E-state index < -0.39 is 0 Å². The molecule has 0 fully saturated rings. The highest BCUT2D eigenvalue weighted by molar-refractivity contribution is 5.80. The Balaban J connectivity index is 2.02. The van der Waals surface area contributed by atoms with Crippen molar-refractivity contribution in [3.8, 4) is 0 Å². The quantitative estimate of drug-likeness (QED) is 0.722. The van der Waals surface area contributed by atoms with Crippen LogP contribution < -0.4 is 4.90 Å². The topological polar surface area (TPSA) is 19.4 Å². The summed E-state index contributed by atoms with van der Waals surface area (Å²) in [5.74, 6) is 0.999. The first-order valence-electron chi connectivity index (χ1n) is 5.34. The largest absolute Gasteiger partial charge is 0.361 e. The highest BCUT2D eigenvalue weighted by Crippen LogP contribution is 2.20. The lowest BCUT2D eigenvalue weighted by Crippen LogP contribution is -2.22. The van der Waals surface area contributed by atoms with Crippen molar-refractivity contribution in [2.75, 3.05) is 18.6 Å². The Kier molecular flexibility index (Phi) is 2.03. The van der Waals surface area contributed by atoms with Gasteiger partial charge in [0.15, 0.2) is 0 Å². The summed E-state index contributed by atoms with van der Waals surface area (Å²) < 4.78 is 0. The van der Waals surface area contributed by atoms with Crippen LogP contribution in [-0.2, 0) is 0 Å². The number of fused-ring (bicyclic) bond motifs is 1. The highest BCUT2D eigenvalue weighted by atomic mass is 15.3. The smallest absolute Gasteiger partial charge is 0.134 e. The van der Waals surface area contributed by atoms with E-state index in [1.807, 2.05) is 18.2 Å². The molecule has 2 aromatic rings. The van der Waals surface area contributed by atoms with Crippen LogP contribution >= 0.6 is 0 Å². The molecule has 3 heteroatoms. The van der Waals surface area contributed by atoms with Crippen molar-refractivity contribution in [2.24, 2.45) is 0 Å². The van der Waals surface area contributed by atoms with Gasteiger partial charge in [0.2, 0.25) is 0 Å². The van der Waals surface area contributed by atoms with Crippen molar-refractivity contribution in [3.05, 3.63) is 48.8 Å². The van der Waals surface area contributed by atoms with Crippen LogP contribution in [0.1, 0.15) is 0 Å². The summed E-state index contributed by atoms with van der Waals surface area (Å²) in [5, 5.41) is 1.18. The predicted octanol–water partition coefficient (Wildman–Crippen LogP) is 2.42. The average Bonchev–Trinajstić information content (AvgIpc) is 2.75. The lowest BCUT2D eigenvalue weighted by Gasteiger charge is -2.17. The molecule has 1 aliphatic heterocycles. The summed E-state index contributed by atoms with van der Waals surface area (Å²) >= 11 is 0. The average molecular weight is 211 g/mol. The maximum Gasteiger partial charge on any atom is 0.134 e. The van der Waals surface area contributed by atoms with Gasteiger partial charge in [0.05, 0.1) is 12.2 Å². The van der Waals surface area contributed by atoms with Crippen LogP contribution in [0.5, 0.6) is 0 Å². The van der Waals surface area contributed by atoms with Gasteiger partial charge in [0, 0.05) is 24.8 Å². The summed E-state index contributed by atoms with van der Waals surface area (Å²) in [5.41, 5.74) is 1.04. The first-order valence-corrected chi connectivity index (χ1v) is 5.34. The van der Waals surface area contributed by atoms with Gasteiger partial charge in [-0.3, -0.25) is 0 Å². The Morgan fingerprint density at radius 3 is 2.75 bits per heavy atom. The molecule has 0 saturated heterocycles. The molecule has 1 aromatic carbocycles. The standard InChI is InChI=1S/C13H13N3/c1-15-8-9-16(10-15)13-7-6-11-4-2-3-5-12(11)14-13/h2-9H,10H2,1H3. The molecule has 0 saturated carbocycles. The van der Waals surface area contributed by atoms with Crippen molar-refractivity contribution in [3.63, 3.8) is 0 Å². The highest BCUT2D eigenvalue weighted by Gasteiger charge is 2.11. The van der Waals surface area contributed by atoms with Crippen LogP contribution in [0.4, 0.5) is 5.82 Å². The monoisotopic (exact) mass is 211 g/mol. The Hall–Kier alpha value is -2.03. The first kappa shape index (κ1) is 9.21. The number of rotatable bonds is 1. The van der Waals surface area contributed by atoms with Gasteiger partial charge in [-0.25, -0.2) is 4.98 Å². The molecule has 3 nitrogen and oxygen atoms in total. The maximum absolute atomic E-state index is 4.64. The summed E-state index contributed by atoms with van der Waals surface area (Å²) in [6, 6.07) is 12.4. The third-order valence-corrected chi connectivity index (χ3v) is 2.75. The SMILES string of the molecule is CN1C=CN(c2ccc3ccccc3n2)C1. The molecule has 0 atom stereocenters. The number of aromatic nitrogens is 1. The zero-order chi connectivity index (χ0) is 11.0. The van der Waals surface area contributed by atoms with Crippen LogP contribution in [0.3, 0.4) is 0 Å². The molecular weight excluding hydrogens is 198 g/mol. The summed E-state index contributed by atoms with van der Waals surface area (Å²) in [4.78, 5) is 8.89. The number of benzene rings is 1. The Morgan fingerprint density at radius 1 is 1.06 bits per heavy atom. The summed E-state index contributed by atoms with van der Waals surface area (Å²) in [7, 11) is 2.05. The fraction of sp³-hybridized carbons (Fsp3) is 0.154. The number of hydrogen-bond donors (Lipinski definition) is 0. The van der Waals surface area contributed by atoms with Gasteiger partial charge < -0.3 is 9.80 Å². The fourth-order valence-corrected chi connectivity index (χ4v) is 1.89. The second kappa shape index (κ2) is 3.52. The molecule has 0 radical (unpaired) electrons. The van der Waals surface area contributed by atoms with Crippen molar-refractivity contribution in [1.29, 1.82) is 0 Å². The molecule has 16 heavy (non-hydrogen) atoms. The minimum atomic E-state index is 0.866. The molecular formula is C13H13N3. The predicted molar refractivity (Wildman–Crippen MR) is 66.0 cm³/mol. The Bertz CT molecular complexity index is 548. The minimum Gasteiger partial charge on any atom is -0.361 e. The molecule has 0 spiro atoms. The second-order valence-electron chi connectivity index (χ2n) is 4.03. The first-order chi connectivity index (χ1) is 7.83. The molecule has 0 unspecified atom stereocenters. The van der Waals surface area contributed by atoms with Crippen molar-refractivity contribution >= 4 is 16.7 Å². The Labute approximate surface area is 94.6 Å². The van der Waals surface area contributed by atoms with E-state index in [2.05, 4.69) is 52.4 Å². The van der Waals surface area contributed by atoms with E-state index in [9.17, 15) is 0 Å². The van der Waals surface area contributed by atoms with Gasteiger partial charge >= 0.3 is 0 Å². The molecule has 0 N–H and O–H groups in total. The lowest BCUT2D eigenvalue weighted by atomic mass is 10.2. The molecule has 3 rings (SSSR count). The van der Waals surface area contributed by atoms with E-state index in [1.54, 1.807) is 0 Å². The van der Waals surface area contributed by atoms with Crippen LogP contribution in [0.15, 0.2) is 48.8 Å². The lowest BCUT2D eigenvalue weighted by molar-refractivity contribution is 0.494. The molecule has 0 bridgehead atoms. The van der Waals surface area contributed by atoms with E-state index in [4.69, 9.17) is 0 Å². The van der Waals surface area contributed by atoms with Gasteiger partial charge in [-0.15, -0.1) is 0 Å². The van der Waals surface area contributed by atoms with Crippen LogP contribution in [0.2, 0.25) is 0 Å². The zero-order valence-corrected chi connectivity index (χ0v) is 9.17. The number of nitrogens with zero attached hydrogens (tertiary/aromatic N) is 3. The van der Waals surface area contributed by atoms with E-state index in [0.717, 1.165) is 18.0 Å². The van der Waals surface area contributed by atoms with E-state index >= 15 is 0 Å². The molecule has 1 aliphatic rings. The summed E-state index contributed by atoms with van der Waals surface area (Å²) in [6.45, 7) is 0.866. The fourth-order valence-electron chi connectivity index (χ4n) is 1.89. The number of pyridine rings is 1. The maximum atomic E-state index is 4.64. The van der Waals surface area contributed by atoms with Crippen molar-refractivity contribution < 1.29 is 0 Å². The third kappa shape index (κ3) is 1.50. The summed E-state index contributed by atoms with van der Waals surface area (Å²) in [6.07, 6.45) is 4.11. The van der Waals surface area contributed by atoms with Crippen molar-refractivity contribution in [2.45, 2.75) is 0 Å². The third-order valence-electron chi connectivity index (χ3n) is 2.75. The zero-order valence-electron chi connectivity index (χ0n) is 9.17. The van der Waals surface area contributed by atoms with Crippen LogP contribution in [0.25, 0.3) is 10.9 Å². The van der Waals surface area contributed by atoms with Crippen LogP contribution in [-0.4, -0.2) is 23.6 Å². The number of para-hydroxylation sites is 1. The van der Waals surface area contributed by atoms with Gasteiger partial charge in [-0.05, 0) is 18.2 Å². The number of hydrogen-bond acceptors (Lipinski definition) is 3. The molecule has 80 valence electrons. The van der Waals surface area contributed by atoms with Gasteiger partial charge in [0.25, 0.3) is 0 Å². The van der Waals surface area contributed by atoms with E-state index in [1.165, 1.54) is 5.39 Å². The van der Waals surface area contributed by atoms with Crippen molar-refractivity contribution in [1.82, 2.24) is 9.88 Å². The second-order valence-corrected chi connectivity index (χ2v) is 4.03. The van der Waals surface area contributed by atoms with Gasteiger partial charge in [0.1, 0.15) is 5.82 Å². The van der Waals surface area contributed by atoms with Crippen LogP contribution in [0, 0.1) is 0 Å². The minimum absolute atomic E-state index is 0.866. The molecule has 1 aromatic heterocycles. The van der Waals surface area contributed by atoms with E-state index in [-0.39, 0.29) is 0 Å². The normalized spacial score (nSPS) is 15.1. The van der Waals surface area contributed by atoms with E-state index in [0.29, 0.717) is 0 Å². The molecule has 2 heterocycles. The van der Waals surface area contributed by atoms with Gasteiger partial charge in [-0.1, -0.05) is 18.2 Å². The number of anilines is 1. The Morgan fingerprint density at radius 2 is 1.94 bits per heavy atom.